The number of rotatable bonds is 4. The molecule has 2 unspecified atom stereocenters. The van der Waals surface area contributed by atoms with Gasteiger partial charge in [-0.1, -0.05) is 12.1 Å². The topological polar surface area (TPSA) is 48.6 Å². The maximum absolute atomic E-state index is 11.2. The molecule has 24 heavy (non-hydrogen) atoms. The molecule has 1 saturated heterocycles. The summed E-state index contributed by atoms with van der Waals surface area (Å²) in [5.74, 6) is 0. The number of fused-ring (bicyclic) bond motifs is 1. The van der Waals surface area contributed by atoms with E-state index >= 15 is 0 Å². The molecule has 0 N–H and O–H groups in total. The number of nitrogens with zero attached hydrogens (tertiary/aromatic N) is 1. The molecule has 0 radical (unpaired) electrons. The van der Waals surface area contributed by atoms with Gasteiger partial charge >= 0.3 is 14.5 Å². The van der Waals surface area contributed by atoms with Crippen molar-refractivity contribution in [2.75, 3.05) is 13.7 Å². The van der Waals surface area contributed by atoms with E-state index in [0.717, 1.165) is 17.5 Å². The van der Waals surface area contributed by atoms with Gasteiger partial charge in [-0.2, -0.15) is 4.57 Å². The lowest BCUT2D eigenvalue weighted by Gasteiger charge is -2.14. The summed E-state index contributed by atoms with van der Waals surface area (Å²) in [6.07, 6.45) is 4.02. The van der Waals surface area contributed by atoms with Crippen molar-refractivity contribution in [3.8, 4) is 0 Å². The molecule has 1 fully saturated rings. The first-order valence-electron chi connectivity index (χ1n) is 8.14. The minimum atomic E-state index is -2.07. The summed E-state index contributed by atoms with van der Waals surface area (Å²) in [5.41, 5.74) is 1.22. The van der Waals surface area contributed by atoms with E-state index in [-0.39, 0.29) is 11.8 Å². The predicted octanol–water partition coefficient (Wildman–Crippen LogP) is 4.54. The number of aromatic nitrogens is 1. The Kier molecular flexibility index (Phi) is 6.81. The molecular weight excluding hydrogens is 325 g/mol. The van der Waals surface area contributed by atoms with E-state index in [1.54, 1.807) is 0 Å². The Morgan fingerprint density at radius 1 is 1.25 bits per heavy atom. The molecule has 1 aliphatic rings. The molecular formula is C18H26NO4P+2. The Morgan fingerprint density at radius 2 is 1.96 bits per heavy atom. The third-order valence-electron chi connectivity index (χ3n) is 3.93. The Hall–Kier alpha value is -1.39. The largest absolute Gasteiger partial charge is 0.703 e. The number of benzene rings is 1. The first-order valence-corrected chi connectivity index (χ1v) is 9.23. The van der Waals surface area contributed by atoms with Gasteiger partial charge < -0.3 is 4.74 Å². The van der Waals surface area contributed by atoms with Crippen LogP contribution in [0.4, 0.5) is 0 Å². The Balaban J connectivity index is 0.000000249. The van der Waals surface area contributed by atoms with Crippen molar-refractivity contribution in [1.29, 1.82) is 0 Å². The van der Waals surface area contributed by atoms with Crippen LogP contribution in [0.25, 0.3) is 10.9 Å². The van der Waals surface area contributed by atoms with E-state index in [9.17, 15) is 4.57 Å². The fourth-order valence-electron chi connectivity index (χ4n) is 2.64. The molecule has 2 atom stereocenters. The zero-order valence-corrected chi connectivity index (χ0v) is 15.7. The minimum absolute atomic E-state index is 0.194. The van der Waals surface area contributed by atoms with Gasteiger partial charge in [-0.3, -0.25) is 0 Å². The number of pyridine rings is 1. The molecule has 3 rings (SSSR count). The normalized spacial score (nSPS) is 17.9. The fourth-order valence-corrected chi connectivity index (χ4v) is 3.07. The highest BCUT2D eigenvalue weighted by molar-refractivity contribution is 7.33. The van der Waals surface area contributed by atoms with E-state index < -0.39 is 8.25 Å². The monoisotopic (exact) mass is 351 g/mol. The summed E-state index contributed by atoms with van der Waals surface area (Å²) in [6.45, 7) is 7.08. The van der Waals surface area contributed by atoms with Gasteiger partial charge in [-0.15, -0.1) is 4.52 Å². The molecule has 0 amide bonds. The van der Waals surface area contributed by atoms with Gasteiger partial charge in [0.05, 0.1) is 12.7 Å². The van der Waals surface area contributed by atoms with Crippen molar-refractivity contribution < 1.29 is 22.9 Å². The predicted molar refractivity (Wildman–Crippen MR) is 93.8 cm³/mol. The zero-order valence-electron chi connectivity index (χ0n) is 14.8. The lowest BCUT2D eigenvalue weighted by atomic mass is 10.1. The van der Waals surface area contributed by atoms with E-state index in [0.29, 0.717) is 0 Å². The summed E-state index contributed by atoms with van der Waals surface area (Å²) in [7, 11) is -0.707. The molecule has 5 nitrogen and oxygen atoms in total. The van der Waals surface area contributed by atoms with Gasteiger partial charge in [0.25, 0.3) is 0 Å². The van der Waals surface area contributed by atoms with Crippen molar-refractivity contribution >= 4 is 19.2 Å². The maximum Gasteiger partial charge on any atom is 0.703 e. The SMILES string of the molecule is CC1(C)CCCO1.CO[P+](=O)OC(C)[n+]1cccc2ccccc21. The van der Waals surface area contributed by atoms with Gasteiger partial charge in [0.15, 0.2) is 6.20 Å². The molecule has 0 spiro atoms. The quantitative estimate of drug-likeness (QED) is 0.599. The van der Waals surface area contributed by atoms with Crippen molar-refractivity contribution in [1.82, 2.24) is 0 Å². The average molecular weight is 351 g/mol. The summed E-state index contributed by atoms with van der Waals surface area (Å²) >= 11 is 0. The van der Waals surface area contributed by atoms with Crippen LogP contribution < -0.4 is 4.57 Å². The molecule has 130 valence electrons. The standard InChI is InChI=1S/C12H14NO3P.C6H12O/c1-10(16-17(14)15-2)13-9-5-7-11-6-3-4-8-12(11)13;1-6(2)4-3-5-7-6/h3-10H,1-2H3;3-5H2,1-2H3/q+2;. The van der Waals surface area contributed by atoms with Crippen molar-refractivity contribution in [2.45, 2.75) is 45.4 Å². The van der Waals surface area contributed by atoms with Crippen molar-refractivity contribution in [3.05, 3.63) is 42.6 Å². The second-order valence-corrected chi connectivity index (χ2v) is 7.32. The molecule has 0 aliphatic carbocycles. The van der Waals surface area contributed by atoms with Crippen molar-refractivity contribution in [3.63, 3.8) is 0 Å². The van der Waals surface area contributed by atoms with Crippen LogP contribution in [0.3, 0.4) is 0 Å². The van der Waals surface area contributed by atoms with Gasteiger partial charge in [0.1, 0.15) is 0 Å². The van der Waals surface area contributed by atoms with E-state index in [4.69, 9.17) is 9.26 Å². The third kappa shape index (κ3) is 5.32. The molecule has 0 saturated carbocycles. The Labute approximate surface area is 144 Å². The number of ether oxygens (including phenoxy) is 1. The number of hydrogen-bond donors (Lipinski definition) is 0. The van der Waals surface area contributed by atoms with Crippen LogP contribution in [0.2, 0.25) is 0 Å². The first-order chi connectivity index (χ1) is 11.4. The second kappa shape index (κ2) is 8.63. The fraction of sp³-hybridized carbons (Fsp3) is 0.500. The first kappa shape index (κ1) is 18.9. The smallest absolute Gasteiger partial charge is 0.376 e. The third-order valence-corrected chi connectivity index (χ3v) is 4.71. The van der Waals surface area contributed by atoms with E-state index in [1.807, 2.05) is 54.1 Å². The highest BCUT2D eigenvalue weighted by Gasteiger charge is 2.29. The molecule has 6 heteroatoms. The average Bonchev–Trinajstić information content (AvgIpc) is 2.99. The summed E-state index contributed by atoms with van der Waals surface area (Å²) in [5, 5.41) is 1.11. The molecule has 2 aromatic rings. The van der Waals surface area contributed by atoms with Crippen LogP contribution in [0.1, 0.15) is 39.8 Å². The van der Waals surface area contributed by atoms with E-state index in [1.165, 1.54) is 20.0 Å². The minimum Gasteiger partial charge on any atom is -0.376 e. The molecule has 0 bridgehead atoms. The van der Waals surface area contributed by atoms with Crippen LogP contribution >= 0.6 is 8.25 Å². The Bertz CT molecular complexity index is 676. The van der Waals surface area contributed by atoms with E-state index in [2.05, 4.69) is 18.4 Å². The summed E-state index contributed by atoms with van der Waals surface area (Å²) in [6, 6.07) is 11.9. The van der Waals surface area contributed by atoms with Crippen LogP contribution in [0.15, 0.2) is 42.6 Å². The highest BCUT2D eigenvalue weighted by atomic mass is 31.1. The summed E-state index contributed by atoms with van der Waals surface area (Å²) < 4.78 is 28.4. The number of hydrogen-bond acceptors (Lipinski definition) is 4. The van der Waals surface area contributed by atoms with Gasteiger partial charge in [0, 0.05) is 35.6 Å². The maximum atomic E-state index is 11.2. The second-order valence-electron chi connectivity index (χ2n) is 6.30. The lowest BCUT2D eigenvalue weighted by Crippen LogP contribution is -2.38. The van der Waals surface area contributed by atoms with Crippen LogP contribution in [-0.2, 0) is 18.3 Å². The van der Waals surface area contributed by atoms with Gasteiger partial charge in [-0.05, 0) is 43.3 Å². The molecule has 2 heterocycles. The zero-order chi connectivity index (χ0) is 17.6. The van der Waals surface area contributed by atoms with Crippen LogP contribution in [0.5, 0.6) is 0 Å². The van der Waals surface area contributed by atoms with Crippen LogP contribution in [-0.4, -0.2) is 19.3 Å². The highest BCUT2D eigenvalue weighted by Crippen LogP contribution is 2.27. The summed E-state index contributed by atoms with van der Waals surface area (Å²) in [4.78, 5) is 0. The van der Waals surface area contributed by atoms with Gasteiger partial charge in [-0.25, -0.2) is 0 Å². The van der Waals surface area contributed by atoms with Crippen LogP contribution in [0, 0.1) is 0 Å². The Morgan fingerprint density at radius 3 is 2.54 bits per heavy atom. The molecule has 1 aliphatic heterocycles. The lowest BCUT2D eigenvalue weighted by molar-refractivity contribution is -0.727. The van der Waals surface area contributed by atoms with Crippen molar-refractivity contribution in [2.24, 2.45) is 0 Å². The van der Waals surface area contributed by atoms with Gasteiger partial charge in [0.2, 0.25) is 5.52 Å². The number of para-hydroxylation sites is 1. The molecule has 1 aromatic heterocycles. The molecule has 1 aromatic carbocycles.